The van der Waals surface area contributed by atoms with Gasteiger partial charge in [-0.1, -0.05) is 23.7 Å². The van der Waals surface area contributed by atoms with Gasteiger partial charge in [-0.15, -0.1) is 0 Å². The molecule has 1 heterocycles. The fourth-order valence-corrected chi connectivity index (χ4v) is 2.95. The van der Waals surface area contributed by atoms with Crippen LogP contribution in [-0.2, 0) is 6.54 Å². The maximum atomic E-state index is 12.5. The number of nitrogens with zero attached hydrogens (tertiary/aromatic N) is 3. The summed E-state index contributed by atoms with van der Waals surface area (Å²) in [5.74, 6) is 0.0330. The zero-order valence-corrected chi connectivity index (χ0v) is 14.0. The molecule has 0 aromatic heterocycles. The second-order valence-electron chi connectivity index (χ2n) is 5.88. The molecule has 0 N–H and O–H groups in total. The molecule has 0 unspecified atom stereocenters. The number of piperazine rings is 1. The third-order valence-corrected chi connectivity index (χ3v) is 4.49. The Labute approximate surface area is 146 Å². The summed E-state index contributed by atoms with van der Waals surface area (Å²) in [6, 6.07) is 16.8. The van der Waals surface area contributed by atoms with Gasteiger partial charge in [0.25, 0.3) is 5.91 Å². The first-order chi connectivity index (χ1) is 11.7. The smallest absolute Gasteiger partial charge is 0.253 e. The highest BCUT2D eigenvalue weighted by Gasteiger charge is 2.22. The Hall–Kier alpha value is -2.35. The van der Waals surface area contributed by atoms with Gasteiger partial charge in [-0.25, -0.2) is 0 Å². The summed E-state index contributed by atoms with van der Waals surface area (Å²) in [4.78, 5) is 16.7. The normalized spacial score (nSPS) is 15.1. The number of carbonyl (C=O) groups is 1. The molecule has 1 amide bonds. The lowest BCUT2D eigenvalue weighted by molar-refractivity contribution is 0.0628. The highest BCUT2D eigenvalue weighted by Crippen LogP contribution is 2.14. The van der Waals surface area contributed by atoms with E-state index in [1.807, 2.05) is 29.2 Å². The first kappa shape index (κ1) is 16.5. The standard InChI is InChI=1S/C19H18ClN3O/c20-18-7-3-16(4-8-18)14-22-9-11-23(12-10-22)19(24)17-5-1-15(13-21)2-6-17/h1-8H,9-12,14H2. The van der Waals surface area contributed by atoms with E-state index in [1.54, 1.807) is 24.3 Å². The van der Waals surface area contributed by atoms with Gasteiger partial charge >= 0.3 is 0 Å². The molecule has 0 radical (unpaired) electrons. The lowest BCUT2D eigenvalue weighted by Gasteiger charge is -2.34. The van der Waals surface area contributed by atoms with Crippen LogP contribution in [0.3, 0.4) is 0 Å². The van der Waals surface area contributed by atoms with Crippen molar-refractivity contribution in [3.63, 3.8) is 0 Å². The van der Waals surface area contributed by atoms with Crippen LogP contribution in [0.15, 0.2) is 48.5 Å². The van der Waals surface area contributed by atoms with Crippen LogP contribution in [0.1, 0.15) is 21.5 Å². The van der Waals surface area contributed by atoms with Crippen LogP contribution in [-0.4, -0.2) is 41.9 Å². The molecule has 0 saturated carbocycles. The van der Waals surface area contributed by atoms with Gasteiger partial charge in [-0.05, 0) is 42.0 Å². The van der Waals surface area contributed by atoms with Gasteiger partial charge in [0, 0.05) is 43.3 Å². The fourth-order valence-electron chi connectivity index (χ4n) is 2.83. The van der Waals surface area contributed by atoms with E-state index in [0.29, 0.717) is 24.2 Å². The van der Waals surface area contributed by atoms with Crippen LogP contribution in [0.5, 0.6) is 0 Å². The van der Waals surface area contributed by atoms with Gasteiger partial charge in [0.05, 0.1) is 11.6 Å². The van der Waals surface area contributed by atoms with Crippen molar-refractivity contribution < 1.29 is 4.79 Å². The molecule has 0 bridgehead atoms. The maximum Gasteiger partial charge on any atom is 0.253 e. The van der Waals surface area contributed by atoms with Crippen molar-refractivity contribution in [3.05, 3.63) is 70.2 Å². The van der Waals surface area contributed by atoms with Gasteiger partial charge in [0.15, 0.2) is 0 Å². The van der Waals surface area contributed by atoms with Gasteiger partial charge in [0.2, 0.25) is 0 Å². The van der Waals surface area contributed by atoms with Crippen LogP contribution in [0, 0.1) is 11.3 Å². The molecule has 2 aromatic rings. The third kappa shape index (κ3) is 3.94. The lowest BCUT2D eigenvalue weighted by atomic mass is 10.1. The molecular formula is C19H18ClN3O. The Balaban J connectivity index is 1.55. The van der Waals surface area contributed by atoms with Crippen molar-refractivity contribution in [2.45, 2.75) is 6.54 Å². The van der Waals surface area contributed by atoms with Crippen molar-refractivity contribution in [2.24, 2.45) is 0 Å². The molecule has 2 aromatic carbocycles. The van der Waals surface area contributed by atoms with Gasteiger partial charge in [-0.2, -0.15) is 5.26 Å². The van der Waals surface area contributed by atoms with E-state index in [1.165, 1.54) is 5.56 Å². The molecule has 5 heteroatoms. The summed E-state index contributed by atoms with van der Waals surface area (Å²) in [5.41, 5.74) is 2.44. The van der Waals surface area contributed by atoms with E-state index in [9.17, 15) is 4.79 Å². The third-order valence-electron chi connectivity index (χ3n) is 4.24. The molecule has 4 nitrogen and oxygen atoms in total. The topological polar surface area (TPSA) is 47.3 Å². The Morgan fingerprint density at radius 2 is 1.62 bits per heavy atom. The van der Waals surface area contributed by atoms with E-state index in [4.69, 9.17) is 16.9 Å². The van der Waals surface area contributed by atoms with Crippen molar-refractivity contribution in [1.29, 1.82) is 5.26 Å². The summed E-state index contributed by atoms with van der Waals surface area (Å²) in [5, 5.41) is 9.57. The molecular weight excluding hydrogens is 322 g/mol. The molecule has 1 fully saturated rings. The van der Waals surface area contributed by atoms with Crippen LogP contribution in [0.4, 0.5) is 0 Å². The monoisotopic (exact) mass is 339 g/mol. The van der Waals surface area contributed by atoms with Crippen molar-refractivity contribution in [2.75, 3.05) is 26.2 Å². The fraction of sp³-hybridized carbons (Fsp3) is 0.263. The summed E-state index contributed by atoms with van der Waals surface area (Å²) < 4.78 is 0. The van der Waals surface area contributed by atoms with Gasteiger partial charge in [0.1, 0.15) is 0 Å². The van der Waals surface area contributed by atoms with Crippen LogP contribution in [0.2, 0.25) is 5.02 Å². The predicted octanol–water partition coefficient (Wildman–Crippen LogP) is 3.17. The van der Waals surface area contributed by atoms with Gasteiger partial charge < -0.3 is 4.90 Å². The first-order valence-corrected chi connectivity index (χ1v) is 8.30. The van der Waals surface area contributed by atoms with Crippen LogP contribution >= 0.6 is 11.6 Å². The molecule has 24 heavy (non-hydrogen) atoms. The highest BCUT2D eigenvalue weighted by molar-refractivity contribution is 6.30. The minimum absolute atomic E-state index is 0.0330. The number of hydrogen-bond acceptors (Lipinski definition) is 3. The largest absolute Gasteiger partial charge is 0.336 e. The number of benzene rings is 2. The van der Waals surface area contributed by atoms with E-state index in [0.717, 1.165) is 24.7 Å². The van der Waals surface area contributed by atoms with E-state index < -0.39 is 0 Å². The quantitative estimate of drug-likeness (QED) is 0.863. The van der Waals surface area contributed by atoms with E-state index >= 15 is 0 Å². The van der Waals surface area contributed by atoms with Crippen LogP contribution < -0.4 is 0 Å². The minimum Gasteiger partial charge on any atom is -0.336 e. The van der Waals surface area contributed by atoms with E-state index in [2.05, 4.69) is 11.0 Å². The average Bonchev–Trinajstić information content (AvgIpc) is 2.64. The summed E-state index contributed by atoms with van der Waals surface area (Å²) in [6.07, 6.45) is 0. The Bertz CT molecular complexity index is 742. The van der Waals surface area contributed by atoms with Crippen LogP contribution in [0.25, 0.3) is 0 Å². The average molecular weight is 340 g/mol. The molecule has 122 valence electrons. The number of rotatable bonds is 3. The minimum atomic E-state index is 0.0330. The summed E-state index contributed by atoms with van der Waals surface area (Å²) >= 11 is 5.91. The molecule has 0 spiro atoms. The van der Waals surface area contributed by atoms with Gasteiger partial charge in [-0.3, -0.25) is 9.69 Å². The maximum absolute atomic E-state index is 12.5. The lowest BCUT2D eigenvalue weighted by Crippen LogP contribution is -2.48. The Morgan fingerprint density at radius 3 is 2.21 bits per heavy atom. The summed E-state index contributed by atoms with van der Waals surface area (Å²) in [7, 11) is 0. The molecule has 0 atom stereocenters. The number of halogens is 1. The van der Waals surface area contributed by atoms with Crippen molar-refractivity contribution >= 4 is 17.5 Å². The van der Waals surface area contributed by atoms with E-state index in [-0.39, 0.29) is 5.91 Å². The van der Waals surface area contributed by atoms with Crippen molar-refractivity contribution in [3.8, 4) is 6.07 Å². The van der Waals surface area contributed by atoms with Crippen molar-refractivity contribution in [1.82, 2.24) is 9.80 Å². The molecule has 3 rings (SSSR count). The Morgan fingerprint density at radius 1 is 1.00 bits per heavy atom. The first-order valence-electron chi connectivity index (χ1n) is 7.92. The number of nitriles is 1. The zero-order valence-electron chi connectivity index (χ0n) is 13.3. The summed E-state index contributed by atoms with van der Waals surface area (Å²) in [6.45, 7) is 4.00. The number of amides is 1. The number of carbonyl (C=O) groups excluding carboxylic acids is 1. The zero-order chi connectivity index (χ0) is 16.9. The Kier molecular flexibility index (Phi) is 5.14. The second-order valence-corrected chi connectivity index (χ2v) is 6.32. The predicted molar refractivity (Wildman–Crippen MR) is 93.8 cm³/mol. The molecule has 1 aliphatic heterocycles. The molecule has 1 saturated heterocycles. The second kappa shape index (κ2) is 7.48. The molecule has 1 aliphatic rings. The SMILES string of the molecule is N#Cc1ccc(C(=O)N2CCN(Cc3ccc(Cl)cc3)CC2)cc1. The number of hydrogen-bond donors (Lipinski definition) is 0. The highest BCUT2D eigenvalue weighted by atomic mass is 35.5. The molecule has 0 aliphatic carbocycles.